The maximum atomic E-state index is 13.6. The van der Waals surface area contributed by atoms with Crippen molar-refractivity contribution in [3.05, 3.63) is 27.9 Å². The molecule has 1 fully saturated rings. The van der Waals surface area contributed by atoms with Crippen LogP contribution in [0.1, 0.15) is 17.4 Å². The van der Waals surface area contributed by atoms with Gasteiger partial charge >= 0.3 is 23.5 Å². The predicted octanol–water partition coefficient (Wildman–Crippen LogP) is 0.640. The van der Waals surface area contributed by atoms with Crippen LogP contribution in [0, 0.1) is 17.5 Å². The molecule has 34 heavy (non-hydrogen) atoms. The topological polar surface area (TPSA) is 251 Å². The van der Waals surface area contributed by atoms with Crippen LogP contribution >= 0.6 is 35.7 Å². The van der Waals surface area contributed by atoms with Crippen molar-refractivity contribution < 1.29 is 65.8 Å². The van der Waals surface area contributed by atoms with E-state index in [9.17, 15) is 33.2 Å². The standard InChI is InChI=1S/C13H17FN3O13P3S/c1-4-11(14)16-12-6(15-4)2-5(13(34)17-12)10-9(19)8(18)7(28-10)3-27-32(23,24)30-33(25,26)29-31(20,21)22/h2,7-10,18-19H,3H2,1H3,(H,23,24)(H,25,26)(H,16,17,34)(H2,20,21,22)/t7-,8?,9+,10+/m1/s1. The van der Waals surface area contributed by atoms with E-state index in [4.69, 9.17) is 31.6 Å². The lowest BCUT2D eigenvalue weighted by atomic mass is 10.0. The lowest BCUT2D eigenvalue weighted by molar-refractivity contribution is -0.0224. The molecule has 0 saturated carbocycles. The molecule has 190 valence electrons. The van der Waals surface area contributed by atoms with Gasteiger partial charge in [-0.2, -0.15) is 18.0 Å². The Morgan fingerprint density at radius 1 is 1.12 bits per heavy atom. The molecule has 1 aliphatic rings. The molecule has 0 bridgehead atoms. The van der Waals surface area contributed by atoms with E-state index in [2.05, 4.69) is 28.1 Å². The number of aliphatic hydroxyl groups is 2. The molecule has 1 aliphatic heterocycles. The third-order valence-corrected chi connectivity index (χ3v) is 8.45. The second-order valence-corrected chi connectivity index (χ2v) is 11.7. The number of halogens is 1. The Morgan fingerprint density at radius 2 is 1.76 bits per heavy atom. The maximum absolute atomic E-state index is 13.6. The van der Waals surface area contributed by atoms with Crippen LogP contribution < -0.4 is 0 Å². The first kappa shape index (κ1) is 27.5. The van der Waals surface area contributed by atoms with Crippen molar-refractivity contribution in [2.24, 2.45) is 0 Å². The summed E-state index contributed by atoms with van der Waals surface area (Å²) in [7, 11) is -16.8. The third-order valence-electron chi connectivity index (χ3n) is 4.31. The van der Waals surface area contributed by atoms with Gasteiger partial charge in [0.15, 0.2) is 5.65 Å². The predicted molar refractivity (Wildman–Crippen MR) is 109 cm³/mol. The first-order chi connectivity index (χ1) is 15.5. The van der Waals surface area contributed by atoms with E-state index < -0.39 is 60.4 Å². The smallest absolute Gasteiger partial charge is 0.387 e. The van der Waals surface area contributed by atoms with Crippen LogP contribution in [0.3, 0.4) is 0 Å². The number of ether oxygens (including phenoxy) is 1. The number of nitrogens with zero attached hydrogens (tertiary/aromatic N) is 2. The second-order valence-electron chi connectivity index (χ2n) is 6.85. The van der Waals surface area contributed by atoms with Crippen LogP contribution in [0.5, 0.6) is 0 Å². The Morgan fingerprint density at radius 3 is 2.38 bits per heavy atom. The average Bonchev–Trinajstić information content (AvgIpc) is 2.93. The highest BCUT2D eigenvalue weighted by Crippen LogP contribution is 2.66. The summed E-state index contributed by atoms with van der Waals surface area (Å²) in [4.78, 5) is 46.0. The number of rotatable bonds is 8. The van der Waals surface area contributed by atoms with Crippen molar-refractivity contribution in [1.82, 2.24) is 15.0 Å². The molecule has 21 heteroatoms. The molecule has 0 radical (unpaired) electrons. The molecule has 0 aromatic carbocycles. The molecule has 0 amide bonds. The number of aromatic nitrogens is 3. The Balaban J connectivity index is 1.75. The van der Waals surface area contributed by atoms with Gasteiger partial charge in [0.05, 0.1) is 12.3 Å². The van der Waals surface area contributed by atoms with Crippen LogP contribution in [0.15, 0.2) is 6.07 Å². The fraction of sp³-hybridized carbons (Fsp3) is 0.462. The van der Waals surface area contributed by atoms with Crippen molar-refractivity contribution in [1.29, 1.82) is 0 Å². The first-order valence-corrected chi connectivity index (χ1v) is 13.8. The Bertz CT molecular complexity index is 1300. The molecule has 3 unspecified atom stereocenters. The van der Waals surface area contributed by atoms with E-state index in [1.807, 2.05) is 0 Å². The molecule has 16 nitrogen and oxygen atoms in total. The number of pyridine rings is 1. The summed E-state index contributed by atoms with van der Waals surface area (Å²) in [5, 5.41) is 20.6. The van der Waals surface area contributed by atoms with Crippen molar-refractivity contribution in [2.75, 3.05) is 6.61 Å². The zero-order valence-corrected chi connectivity index (χ0v) is 20.2. The molecule has 3 heterocycles. The van der Waals surface area contributed by atoms with Gasteiger partial charge in [-0.1, -0.05) is 12.2 Å². The molecule has 2 aromatic rings. The molecule has 0 aliphatic carbocycles. The number of H-pyrrole nitrogens is 1. The van der Waals surface area contributed by atoms with E-state index in [1.54, 1.807) is 0 Å². The van der Waals surface area contributed by atoms with Gasteiger partial charge in [-0.05, 0) is 13.0 Å². The maximum Gasteiger partial charge on any atom is 0.490 e. The molecule has 2 aromatic heterocycles. The molecule has 3 rings (SSSR count). The Hall–Kier alpha value is -1.07. The van der Waals surface area contributed by atoms with E-state index >= 15 is 0 Å². The summed E-state index contributed by atoms with van der Waals surface area (Å²) in [5.74, 6) is -0.829. The minimum atomic E-state index is -5.73. The molecule has 1 saturated heterocycles. The van der Waals surface area contributed by atoms with Crippen molar-refractivity contribution in [3.63, 3.8) is 0 Å². The van der Waals surface area contributed by atoms with Gasteiger partial charge in [-0.25, -0.2) is 18.7 Å². The second kappa shape index (κ2) is 9.76. The number of nitrogens with one attached hydrogen (secondary N) is 1. The van der Waals surface area contributed by atoms with Gasteiger partial charge in [0.2, 0.25) is 5.95 Å². The average molecular weight is 567 g/mol. The molecule has 7 N–H and O–H groups in total. The number of aliphatic hydroxyl groups excluding tert-OH is 2. The van der Waals surface area contributed by atoms with Crippen molar-refractivity contribution >= 4 is 46.8 Å². The highest BCUT2D eigenvalue weighted by atomic mass is 32.1. The van der Waals surface area contributed by atoms with Gasteiger partial charge in [0, 0.05) is 5.56 Å². The summed E-state index contributed by atoms with van der Waals surface area (Å²) < 4.78 is 64.5. The van der Waals surface area contributed by atoms with Crippen LogP contribution in [0.2, 0.25) is 0 Å². The molecular formula is C13H17FN3O13P3S. The Labute approximate surface area is 193 Å². The monoisotopic (exact) mass is 567 g/mol. The van der Waals surface area contributed by atoms with Gasteiger partial charge in [-0.3, -0.25) is 4.52 Å². The van der Waals surface area contributed by atoms with Crippen molar-refractivity contribution in [2.45, 2.75) is 31.3 Å². The van der Waals surface area contributed by atoms with Crippen LogP contribution in [0.25, 0.3) is 11.2 Å². The minimum Gasteiger partial charge on any atom is -0.387 e. The zero-order valence-electron chi connectivity index (χ0n) is 16.7. The van der Waals surface area contributed by atoms with E-state index in [0.29, 0.717) is 0 Å². The summed E-state index contributed by atoms with van der Waals surface area (Å²) in [6.45, 7) is 0.374. The number of aromatic amines is 1. The van der Waals surface area contributed by atoms with Crippen LogP contribution in [-0.4, -0.2) is 69.7 Å². The summed E-state index contributed by atoms with van der Waals surface area (Å²) >= 11 is 5.16. The Kier molecular flexibility index (Phi) is 7.90. The van der Waals surface area contributed by atoms with E-state index in [1.165, 1.54) is 13.0 Å². The zero-order chi connectivity index (χ0) is 25.6. The number of fused-ring (bicyclic) bond motifs is 1. The lowest BCUT2D eigenvalue weighted by Gasteiger charge is -2.19. The molecular weight excluding hydrogens is 550 g/mol. The van der Waals surface area contributed by atoms with E-state index in [0.717, 1.165) is 0 Å². The summed E-state index contributed by atoms with van der Waals surface area (Å²) in [6.07, 6.45) is -6.18. The van der Waals surface area contributed by atoms with Crippen molar-refractivity contribution in [3.8, 4) is 0 Å². The highest BCUT2D eigenvalue weighted by molar-refractivity contribution is 7.71. The number of hydrogen-bond donors (Lipinski definition) is 7. The highest BCUT2D eigenvalue weighted by Gasteiger charge is 2.46. The lowest BCUT2D eigenvalue weighted by Crippen LogP contribution is -2.33. The normalized spacial score (nSPS) is 26.9. The molecule has 0 spiro atoms. The third kappa shape index (κ3) is 6.57. The molecule has 6 atom stereocenters. The minimum absolute atomic E-state index is 0.00842. The van der Waals surface area contributed by atoms with Crippen LogP contribution in [0.4, 0.5) is 4.39 Å². The SMILES string of the molecule is Cc1nc2cc([C@@H]3O[C@H](COP(=O)(O)OP(=O)(O)OP(=O)(O)O)C(O)[C@@H]3O)c(=S)[nH]c2nc1F. The number of hydrogen-bond acceptors (Lipinski definition) is 12. The number of phosphoric acid groups is 3. The van der Waals surface area contributed by atoms with Gasteiger partial charge in [0.1, 0.15) is 34.6 Å². The summed E-state index contributed by atoms with van der Waals surface area (Å²) in [6, 6.07) is 1.33. The van der Waals surface area contributed by atoms with Crippen LogP contribution in [-0.2, 0) is 31.6 Å². The summed E-state index contributed by atoms with van der Waals surface area (Å²) in [5.41, 5.74) is 0.250. The number of aryl methyl sites for hydroxylation is 1. The number of phosphoric ester groups is 1. The quantitative estimate of drug-likeness (QED) is 0.171. The first-order valence-electron chi connectivity index (χ1n) is 8.85. The fourth-order valence-electron chi connectivity index (χ4n) is 2.93. The van der Waals surface area contributed by atoms with E-state index in [-0.39, 0.29) is 27.1 Å². The van der Waals surface area contributed by atoms with Gasteiger partial charge in [-0.15, -0.1) is 0 Å². The van der Waals surface area contributed by atoms with Gasteiger partial charge < -0.3 is 39.5 Å². The van der Waals surface area contributed by atoms with Gasteiger partial charge in [0.25, 0.3) is 0 Å². The fourth-order valence-corrected chi connectivity index (χ4v) is 6.23. The largest absolute Gasteiger partial charge is 0.490 e.